The zero-order chi connectivity index (χ0) is 12.0. The molecule has 0 fully saturated rings. The molecule has 1 N–H and O–H groups in total. The van der Waals surface area contributed by atoms with E-state index in [1.54, 1.807) is 0 Å². The lowest BCUT2D eigenvalue weighted by atomic mass is 10.2. The molecule has 0 spiro atoms. The first kappa shape index (κ1) is 13.0. The molecule has 1 aromatic rings. The number of hydrogen-bond donors (Lipinski definition) is 1. The van der Waals surface area contributed by atoms with E-state index in [4.69, 9.17) is 4.74 Å². The van der Waals surface area contributed by atoms with Crippen LogP contribution >= 0.6 is 15.9 Å². The number of aryl methyl sites for hydroxylation is 1. The van der Waals surface area contributed by atoms with Crippen molar-refractivity contribution < 1.29 is 9.53 Å². The molecule has 0 saturated heterocycles. The summed E-state index contributed by atoms with van der Waals surface area (Å²) in [5, 5.41) is 2.76. The lowest BCUT2D eigenvalue weighted by Gasteiger charge is -2.09. The highest BCUT2D eigenvalue weighted by atomic mass is 79.9. The Balaban J connectivity index is 2.45. The van der Waals surface area contributed by atoms with Crippen molar-refractivity contribution in [2.45, 2.75) is 20.3 Å². The van der Waals surface area contributed by atoms with Gasteiger partial charge in [-0.2, -0.15) is 0 Å². The van der Waals surface area contributed by atoms with Gasteiger partial charge in [0.1, 0.15) is 5.75 Å². The standard InChI is InChI=1S/C12H16BrNO2/c1-3-6-14-12(15)8-16-11-5-4-10(13)7-9(11)2/h4-5,7H,3,6,8H2,1-2H3,(H,14,15). The van der Waals surface area contributed by atoms with Gasteiger partial charge in [0.25, 0.3) is 5.91 Å². The summed E-state index contributed by atoms with van der Waals surface area (Å²) in [7, 11) is 0. The van der Waals surface area contributed by atoms with Crippen LogP contribution in [0.2, 0.25) is 0 Å². The van der Waals surface area contributed by atoms with Crippen LogP contribution in [-0.2, 0) is 4.79 Å². The van der Waals surface area contributed by atoms with Gasteiger partial charge in [-0.1, -0.05) is 22.9 Å². The second-order valence-corrected chi connectivity index (χ2v) is 4.46. The number of carbonyl (C=O) groups is 1. The van der Waals surface area contributed by atoms with Crippen molar-refractivity contribution in [2.75, 3.05) is 13.2 Å². The first-order valence-corrected chi connectivity index (χ1v) is 6.08. The molecule has 0 bridgehead atoms. The summed E-state index contributed by atoms with van der Waals surface area (Å²) in [5.74, 6) is 0.666. The Morgan fingerprint density at radius 3 is 2.88 bits per heavy atom. The number of carbonyl (C=O) groups excluding carboxylic acids is 1. The third kappa shape index (κ3) is 4.23. The van der Waals surface area contributed by atoms with Gasteiger partial charge in [0, 0.05) is 11.0 Å². The Bertz CT molecular complexity index is 366. The highest BCUT2D eigenvalue weighted by molar-refractivity contribution is 9.10. The topological polar surface area (TPSA) is 38.3 Å². The quantitative estimate of drug-likeness (QED) is 0.903. The third-order valence-corrected chi connectivity index (χ3v) is 2.56. The van der Waals surface area contributed by atoms with E-state index >= 15 is 0 Å². The molecule has 0 unspecified atom stereocenters. The molecule has 0 aliphatic carbocycles. The smallest absolute Gasteiger partial charge is 0.257 e. The molecule has 1 rings (SSSR count). The van der Waals surface area contributed by atoms with Crippen molar-refractivity contribution in [1.29, 1.82) is 0 Å². The molecule has 0 atom stereocenters. The second kappa shape index (κ2) is 6.53. The van der Waals surface area contributed by atoms with E-state index in [0.29, 0.717) is 6.54 Å². The van der Waals surface area contributed by atoms with E-state index in [2.05, 4.69) is 21.2 Å². The second-order valence-electron chi connectivity index (χ2n) is 3.55. The molecule has 0 aromatic heterocycles. The van der Waals surface area contributed by atoms with Crippen LogP contribution in [0.4, 0.5) is 0 Å². The van der Waals surface area contributed by atoms with Crippen LogP contribution in [0.25, 0.3) is 0 Å². The summed E-state index contributed by atoms with van der Waals surface area (Å²) in [6.07, 6.45) is 0.934. The SMILES string of the molecule is CCCNC(=O)COc1ccc(Br)cc1C. The van der Waals surface area contributed by atoms with Crippen molar-refractivity contribution in [2.24, 2.45) is 0 Å². The number of rotatable bonds is 5. The van der Waals surface area contributed by atoms with Gasteiger partial charge in [0.05, 0.1) is 0 Å². The summed E-state index contributed by atoms with van der Waals surface area (Å²) in [4.78, 5) is 11.3. The Labute approximate surface area is 104 Å². The largest absolute Gasteiger partial charge is 0.484 e. The zero-order valence-electron chi connectivity index (χ0n) is 9.55. The van der Waals surface area contributed by atoms with Crippen LogP contribution in [0.5, 0.6) is 5.75 Å². The number of halogens is 1. The first-order chi connectivity index (χ1) is 7.63. The summed E-state index contributed by atoms with van der Waals surface area (Å²) in [6.45, 7) is 4.73. The van der Waals surface area contributed by atoms with Crippen molar-refractivity contribution in [3.05, 3.63) is 28.2 Å². The number of ether oxygens (including phenoxy) is 1. The predicted molar refractivity (Wildman–Crippen MR) is 67.7 cm³/mol. The van der Waals surface area contributed by atoms with E-state index in [-0.39, 0.29) is 12.5 Å². The molecule has 1 amide bonds. The number of nitrogens with one attached hydrogen (secondary N) is 1. The lowest BCUT2D eigenvalue weighted by Crippen LogP contribution is -2.29. The van der Waals surface area contributed by atoms with Crippen molar-refractivity contribution in [3.63, 3.8) is 0 Å². The van der Waals surface area contributed by atoms with Gasteiger partial charge < -0.3 is 10.1 Å². The first-order valence-electron chi connectivity index (χ1n) is 5.29. The fraction of sp³-hybridized carbons (Fsp3) is 0.417. The highest BCUT2D eigenvalue weighted by Crippen LogP contribution is 2.21. The molecule has 0 radical (unpaired) electrons. The van der Waals surface area contributed by atoms with Crippen LogP contribution in [0.15, 0.2) is 22.7 Å². The van der Waals surface area contributed by atoms with Gasteiger partial charge >= 0.3 is 0 Å². The minimum atomic E-state index is -0.0795. The van der Waals surface area contributed by atoms with Crippen LogP contribution in [0.3, 0.4) is 0 Å². The van der Waals surface area contributed by atoms with Crippen LogP contribution in [-0.4, -0.2) is 19.1 Å². The lowest BCUT2D eigenvalue weighted by molar-refractivity contribution is -0.123. The van der Waals surface area contributed by atoms with Gasteiger partial charge in [0.15, 0.2) is 6.61 Å². The maximum Gasteiger partial charge on any atom is 0.257 e. The summed E-state index contributed by atoms with van der Waals surface area (Å²) >= 11 is 3.38. The van der Waals surface area contributed by atoms with Crippen molar-refractivity contribution in [1.82, 2.24) is 5.32 Å². The Hall–Kier alpha value is -1.03. The van der Waals surface area contributed by atoms with Gasteiger partial charge in [0.2, 0.25) is 0 Å². The summed E-state index contributed by atoms with van der Waals surface area (Å²) < 4.78 is 6.42. The molecule has 0 heterocycles. The molecule has 0 aliphatic rings. The molecular formula is C12H16BrNO2. The molecule has 0 aliphatic heterocycles. The summed E-state index contributed by atoms with van der Waals surface area (Å²) in [5.41, 5.74) is 1.01. The average molecular weight is 286 g/mol. The molecule has 16 heavy (non-hydrogen) atoms. The van der Waals surface area contributed by atoms with Gasteiger partial charge in [-0.15, -0.1) is 0 Å². The summed E-state index contributed by atoms with van der Waals surface area (Å²) in [6, 6.07) is 5.71. The molecular weight excluding hydrogens is 270 g/mol. The van der Waals surface area contributed by atoms with Crippen LogP contribution in [0, 0.1) is 6.92 Å². The van der Waals surface area contributed by atoms with E-state index in [0.717, 1.165) is 22.2 Å². The fourth-order valence-electron chi connectivity index (χ4n) is 1.23. The van der Waals surface area contributed by atoms with Gasteiger partial charge in [-0.05, 0) is 37.1 Å². The molecule has 0 saturated carbocycles. The van der Waals surface area contributed by atoms with E-state index < -0.39 is 0 Å². The van der Waals surface area contributed by atoms with Crippen LogP contribution < -0.4 is 10.1 Å². The molecule has 1 aromatic carbocycles. The molecule has 3 nitrogen and oxygen atoms in total. The fourth-order valence-corrected chi connectivity index (χ4v) is 1.71. The normalized spacial score (nSPS) is 9.94. The Kier molecular flexibility index (Phi) is 5.32. The highest BCUT2D eigenvalue weighted by Gasteiger charge is 2.04. The van der Waals surface area contributed by atoms with Crippen molar-refractivity contribution >= 4 is 21.8 Å². The Morgan fingerprint density at radius 2 is 2.25 bits per heavy atom. The number of amides is 1. The maximum atomic E-state index is 11.3. The molecule has 88 valence electrons. The zero-order valence-corrected chi connectivity index (χ0v) is 11.1. The monoisotopic (exact) mass is 285 g/mol. The van der Waals surface area contributed by atoms with Gasteiger partial charge in [-0.3, -0.25) is 4.79 Å². The van der Waals surface area contributed by atoms with E-state index in [9.17, 15) is 4.79 Å². The van der Waals surface area contributed by atoms with Crippen molar-refractivity contribution in [3.8, 4) is 5.75 Å². The minimum Gasteiger partial charge on any atom is -0.484 e. The number of benzene rings is 1. The minimum absolute atomic E-state index is 0.0719. The third-order valence-electron chi connectivity index (χ3n) is 2.07. The molecule has 4 heteroatoms. The van der Waals surface area contributed by atoms with E-state index in [1.165, 1.54) is 0 Å². The number of hydrogen-bond acceptors (Lipinski definition) is 2. The van der Waals surface area contributed by atoms with E-state index in [1.807, 2.05) is 32.0 Å². The average Bonchev–Trinajstić information content (AvgIpc) is 2.25. The van der Waals surface area contributed by atoms with Crippen LogP contribution in [0.1, 0.15) is 18.9 Å². The maximum absolute atomic E-state index is 11.3. The Morgan fingerprint density at radius 1 is 1.50 bits per heavy atom. The van der Waals surface area contributed by atoms with Gasteiger partial charge in [-0.25, -0.2) is 0 Å². The predicted octanol–water partition coefficient (Wildman–Crippen LogP) is 2.66.